The molecule has 0 saturated carbocycles. The SMILES string of the molecule is CCCCC(=O)c1c2ccccc2cc2ccccc12. The number of hydrogen-bond donors (Lipinski definition) is 0. The Morgan fingerprint density at radius 3 is 2.00 bits per heavy atom. The first-order valence-corrected chi connectivity index (χ1v) is 7.25. The minimum Gasteiger partial charge on any atom is -0.294 e. The molecule has 1 heteroatoms. The fourth-order valence-corrected chi connectivity index (χ4v) is 2.78. The Morgan fingerprint density at radius 2 is 1.45 bits per heavy atom. The van der Waals surface area contributed by atoms with Crippen LogP contribution in [0.3, 0.4) is 0 Å². The molecule has 0 radical (unpaired) electrons. The van der Waals surface area contributed by atoms with Crippen molar-refractivity contribution in [2.45, 2.75) is 26.2 Å². The molecule has 100 valence electrons. The molecule has 0 aliphatic heterocycles. The van der Waals surface area contributed by atoms with E-state index in [1.807, 2.05) is 24.3 Å². The third-order valence-electron chi connectivity index (χ3n) is 3.81. The molecule has 0 atom stereocenters. The van der Waals surface area contributed by atoms with Gasteiger partial charge in [-0.25, -0.2) is 0 Å². The molecule has 0 aliphatic carbocycles. The summed E-state index contributed by atoms with van der Waals surface area (Å²) >= 11 is 0. The highest BCUT2D eigenvalue weighted by molar-refractivity contribution is 6.18. The number of rotatable bonds is 4. The smallest absolute Gasteiger partial charge is 0.164 e. The second-order valence-electron chi connectivity index (χ2n) is 5.22. The number of carbonyl (C=O) groups is 1. The Morgan fingerprint density at radius 1 is 0.900 bits per heavy atom. The van der Waals surface area contributed by atoms with Crippen molar-refractivity contribution < 1.29 is 4.79 Å². The van der Waals surface area contributed by atoms with Crippen molar-refractivity contribution in [2.24, 2.45) is 0 Å². The van der Waals surface area contributed by atoms with Crippen LogP contribution < -0.4 is 0 Å². The molecular weight excluding hydrogens is 244 g/mol. The van der Waals surface area contributed by atoms with Crippen LogP contribution in [0, 0.1) is 0 Å². The van der Waals surface area contributed by atoms with Gasteiger partial charge in [-0.15, -0.1) is 0 Å². The highest BCUT2D eigenvalue weighted by Gasteiger charge is 2.13. The summed E-state index contributed by atoms with van der Waals surface area (Å²) in [6.07, 6.45) is 2.64. The van der Waals surface area contributed by atoms with Crippen molar-refractivity contribution in [3.05, 3.63) is 60.2 Å². The van der Waals surface area contributed by atoms with Crippen LogP contribution in [0.4, 0.5) is 0 Å². The minimum absolute atomic E-state index is 0.264. The van der Waals surface area contributed by atoms with Crippen molar-refractivity contribution in [3.8, 4) is 0 Å². The fourth-order valence-electron chi connectivity index (χ4n) is 2.78. The molecule has 3 aromatic carbocycles. The summed E-state index contributed by atoms with van der Waals surface area (Å²) < 4.78 is 0. The van der Waals surface area contributed by atoms with Gasteiger partial charge in [0.05, 0.1) is 0 Å². The molecule has 0 aromatic heterocycles. The van der Waals surface area contributed by atoms with Crippen molar-refractivity contribution in [2.75, 3.05) is 0 Å². The number of unbranched alkanes of at least 4 members (excludes halogenated alkanes) is 1. The molecule has 0 bridgehead atoms. The van der Waals surface area contributed by atoms with Gasteiger partial charge in [0.25, 0.3) is 0 Å². The third-order valence-corrected chi connectivity index (χ3v) is 3.81. The number of fused-ring (bicyclic) bond motifs is 2. The summed E-state index contributed by atoms with van der Waals surface area (Å²) in [6, 6.07) is 18.5. The lowest BCUT2D eigenvalue weighted by Crippen LogP contribution is -2.01. The zero-order chi connectivity index (χ0) is 13.9. The maximum Gasteiger partial charge on any atom is 0.164 e. The second-order valence-corrected chi connectivity index (χ2v) is 5.22. The van der Waals surface area contributed by atoms with Gasteiger partial charge in [0, 0.05) is 12.0 Å². The highest BCUT2D eigenvalue weighted by atomic mass is 16.1. The molecule has 0 unspecified atom stereocenters. The molecule has 0 aliphatic rings. The van der Waals surface area contributed by atoms with E-state index in [0.29, 0.717) is 6.42 Å². The molecule has 0 saturated heterocycles. The fraction of sp³-hybridized carbons (Fsp3) is 0.211. The average Bonchev–Trinajstić information content (AvgIpc) is 2.50. The van der Waals surface area contributed by atoms with Crippen LogP contribution in [0.1, 0.15) is 36.5 Å². The number of Topliss-reactive ketones (excluding diaryl/α,β-unsaturated/α-hetero) is 1. The molecule has 0 heterocycles. The molecule has 0 amide bonds. The van der Waals surface area contributed by atoms with Gasteiger partial charge in [0.2, 0.25) is 0 Å². The number of ketones is 1. The quantitative estimate of drug-likeness (QED) is 0.456. The van der Waals surface area contributed by atoms with Crippen molar-refractivity contribution >= 4 is 27.3 Å². The Labute approximate surface area is 119 Å². The normalized spacial score (nSPS) is 11.1. The van der Waals surface area contributed by atoms with Gasteiger partial charge < -0.3 is 0 Å². The van der Waals surface area contributed by atoms with E-state index >= 15 is 0 Å². The maximum atomic E-state index is 12.6. The summed E-state index contributed by atoms with van der Waals surface area (Å²) in [5, 5.41) is 4.44. The van der Waals surface area contributed by atoms with Gasteiger partial charge >= 0.3 is 0 Å². The van der Waals surface area contributed by atoms with Gasteiger partial charge in [0.1, 0.15) is 0 Å². The lowest BCUT2D eigenvalue weighted by molar-refractivity contribution is 0.0983. The lowest BCUT2D eigenvalue weighted by Gasteiger charge is -2.10. The topological polar surface area (TPSA) is 17.1 Å². The summed E-state index contributed by atoms with van der Waals surface area (Å²) in [6.45, 7) is 2.12. The lowest BCUT2D eigenvalue weighted by atomic mass is 9.92. The molecular formula is C19H18O. The van der Waals surface area contributed by atoms with E-state index in [9.17, 15) is 4.79 Å². The number of hydrogen-bond acceptors (Lipinski definition) is 1. The van der Waals surface area contributed by atoms with Crippen LogP contribution in [-0.4, -0.2) is 5.78 Å². The Kier molecular flexibility index (Phi) is 3.51. The first kappa shape index (κ1) is 12.9. The van der Waals surface area contributed by atoms with Crippen LogP contribution in [0.2, 0.25) is 0 Å². The van der Waals surface area contributed by atoms with E-state index in [4.69, 9.17) is 0 Å². The summed E-state index contributed by atoms with van der Waals surface area (Å²) in [7, 11) is 0. The predicted octanol–water partition coefficient (Wildman–Crippen LogP) is 5.37. The highest BCUT2D eigenvalue weighted by Crippen LogP contribution is 2.29. The van der Waals surface area contributed by atoms with Crippen LogP contribution >= 0.6 is 0 Å². The van der Waals surface area contributed by atoms with Crippen LogP contribution in [0.5, 0.6) is 0 Å². The van der Waals surface area contributed by atoms with Crippen LogP contribution in [0.15, 0.2) is 54.6 Å². The molecule has 3 aromatic rings. The first-order valence-electron chi connectivity index (χ1n) is 7.25. The Bertz CT molecular complexity index is 717. The largest absolute Gasteiger partial charge is 0.294 e. The Balaban J connectivity index is 2.30. The van der Waals surface area contributed by atoms with E-state index in [2.05, 4.69) is 37.3 Å². The molecule has 0 N–H and O–H groups in total. The van der Waals surface area contributed by atoms with E-state index < -0.39 is 0 Å². The van der Waals surface area contributed by atoms with Crippen molar-refractivity contribution in [1.82, 2.24) is 0 Å². The second kappa shape index (κ2) is 5.46. The molecule has 0 spiro atoms. The number of benzene rings is 3. The zero-order valence-electron chi connectivity index (χ0n) is 11.7. The van der Waals surface area contributed by atoms with E-state index in [0.717, 1.165) is 39.9 Å². The van der Waals surface area contributed by atoms with Gasteiger partial charge in [-0.2, -0.15) is 0 Å². The summed E-state index contributed by atoms with van der Waals surface area (Å²) in [5.74, 6) is 0.264. The van der Waals surface area contributed by atoms with E-state index in [-0.39, 0.29) is 5.78 Å². The van der Waals surface area contributed by atoms with E-state index in [1.54, 1.807) is 0 Å². The van der Waals surface area contributed by atoms with Crippen molar-refractivity contribution in [3.63, 3.8) is 0 Å². The molecule has 1 nitrogen and oxygen atoms in total. The third kappa shape index (κ3) is 2.20. The average molecular weight is 262 g/mol. The zero-order valence-corrected chi connectivity index (χ0v) is 11.7. The molecule has 3 rings (SSSR count). The van der Waals surface area contributed by atoms with Crippen LogP contribution in [0.25, 0.3) is 21.5 Å². The summed E-state index contributed by atoms with van der Waals surface area (Å²) in [4.78, 5) is 12.6. The predicted molar refractivity (Wildman–Crippen MR) is 85.3 cm³/mol. The maximum absolute atomic E-state index is 12.6. The monoisotopic (exact) mass is 262 g/mol. The van der Waals surface area contributed by atoms with Gasteiger partial charge in [0.15, 0.2) is 5.78 Å². The standard InChI is InChI=1S/C19H18O/c1-2-3-12-18(20)19-16-10-6-4-8-14(16)13-15-9-5-7-11-17(15)19/h4-11,13H,2-3,12H2,1H3. The van der Waals surface area contributed by atoms with Crippen LogP contribution in [-0.2, 0) is 0 Å². The minimum atomic E-state index is 0.264. The Hall–Kier alpha value is -2.15. The molecule has 0 fully saturated rings. The summed E-state index contributed by atoms with van der Waals surface area (Å²) in [5.41, 5.74) is 0.896. The van der Waals surface area contributed by atoms with Gasteiger partial charge in [-0.05, 0) is 34.0 Å². The first-order chi connectivity index (χ1) is 9.81. The number of carbonyl (C=O) groups excluding carboxylic acids is 1. The molecule has 20 heavy (non-hydrogen) atoms. The van der Waals surface area contributed by atoms with E-state index in [1.165, 1.54) is 0 Å². The van der Waals surface area contributed by atoms with Gasteiger partial charge in [-0.1, -0.05) is 61.9 Å². The van der Waals surface area contributed by atoms with Crippen molar-refractivity contribution in [1.29, 1.82) is 0 Å². The van der Waals surface area contributed by atoms with Gasteiger partial charge in [-0.3, -0.25) is 4.79 Å².